The molecule has 2 N–H and O–H groups in total. The molecule has 1 aliphatic rings. The normalized spacial score (nSPS) is 21.8. The van der Waals surface area contributed by atoms with E-state index in [4.69, 9.17) is 9.84 Å². The second-order valence-corrected chi connectivity index (χ2v) is 6.35. The highest BCUT2D eigenvalue weighted by Gasteiger charge is 2.45. The summed E-state index contributed by atoms with van der Waals surface area (Å²) in [5.74, 6) is -1.15. The first-order chi connectivity index (χ1) is 8.76. The minimum atomic E-state index is -0.792. The smallest absolute Gasteiger partial charge is 0.413 e. The highest BCUT2D eigenvalue weighted by atomic mass is 32.1. The first-order valence-electron chi connectivity index (χ1n) is 5.94. The van der Waals surface area contributed by atoms with Crippen LogP contribution in [0.25, 0.3) is 0 Å². The van der Waals surface area contributed by atoms with E-state index in [0.29, 0.717) is 11.6 Å². The Morgan fingerprint density at radius 3 is 2.74 bits per heavy atom. The summed E-state index contributed by atoms with van der Waals surface area (Å²) >= 11 is 1.27. The van der Waals surface area contributed by atoms with E-state index < -0.39 is 17.7 Å². The van der Waals surface area contributed by atoms with Gasteiger partial charge in [-0.25, -0.2) is 9.78 Å². The van der Waals surface area contributed by atoms with Gasteiger partial charge in [-0.05, 0) is 27.2 Å². The molecule has 1 aliphatic carbocycles. The highest BCUT2D eigenvalue weighted by molar-refractivity contribution is 7.13. The first kappa shape index (κ1) is 13.8. The molecule has 2 atom stereocenters. The molecule has 0 aliphatic heterocycles. The summed E-state index contributed by atoms with van der Waals surface area (Å²) in [5, 5.41) is 13.6. The van der Waals surface area contributed by atoms with Crippen LogP contribution in [0.5, 0.6) is 0 Å². The average molecular weight is 284 g/mol. The largest absolute Gasteiger partial charge is 0.481 e. The van der Waals surface area contributed by atoms with Crippen molar-refractivity contribution in [2.45, 2.75) is 38.7 Å². The lowest BCUT2D eigenvalue weighted by atomic mass is 10.2. The first-order valence-corrected chi connectivity index (χ1v) is 6.82. The molecule has 0 spiro atoms. The van der Waals surface area contributed by atoms with Crippen LogP contribution < -0.4 is 5.32 Å². The van der Waals surface area contributed by atoms with Gasteiger partial charge in [0.1, 0.15) is 5.60 Å². The van der Waals surface area contributed by atoms with Crippen molar-refractivity contribution in [2.75, 3.05) is 5.32 Å². The number of nitrogens with zero attached hydrogens (tertiary/aromatic N) is 1. The van der Waals surface area contributed by atoms with E-state index in [-0.39, 0.29) is 11.8 Å². The third kappa shape index (κ3) is 3.66. The third-order valence-electron chi connectivity index (χ3n) is 2.62. The van der Waals surface area contributed by atoms with Gasteiger partial charge in [-0.1, -0.05) is 0 Å². The van der Waals surface area contributed by atoms with Crippen LogP contribution in [0.1, 0.15) is 38.8 Å². The number of carbonyl (C=O) groups excluding carboxylic acids is 1. The standard InChI is InChI=1S/C12H16N2O4S/c1-12(2,3)18-11(17)14-10-13-8(5-19-10)6-4-7(6)9(15)16/h5-7H,4H2,1-3H3,(H,15,16)(H,13,14,17). The van der Waals surface area contributed by atoms with Crippen molar-refractivity contribution in [1.82, 2.24) is 4.98 Å². The number of aromatic nitrogens is 1. The molecule has 1 fully saturated rings. The molecule has 0 aromatic carbocycles. The number of carboxylic acid groups (broad SMARTS) is 1. The number of hydrogen-bond donors (Lipinski definition) is 2. The van der Waals surface area contributed by atoms with E-state index >= 15 is 0 Å². The van der Waals surface area contributed by atoms with Crippen molar-refractivity contribution in [3.05, 3.63) is 11.1 Å². The number of ether oxygens (including phenoxy) is 1. The number of aliphatic carboxylic acids is 1. The number of carboxylic acids is 1. The van der Waals surface area contributed by atoms with Crippen LogP contribution in [0.15, 0.2) is 5.38 Å². The minimum Gasteiger partial charge on any atom is -0.481 e. The van der Waals surface area contributed by atoms with Crippen LogP contribution in [-0.2, 0) is 9.53 Å². The molecule has 1 aromatic rings. The number of nitrogens with one attached hydrogen (secondary N) is 1. The molecule has 1 amide bonds. The summed E-state index contributed by atoms with van der Waals surface area (Å²) in [5.41, 5.74) is 0.165. The lowest BCUT2D eigenvalue weighted by molar-refractivity contribution is -0.138. The molecule has 1 heterocycles. The van der Waals surface area contributed by atoms with Crippen LogP contribution >= 0.6 is 11.3 Å². The molecule has 0 saturated heterocycles. The third-order valence-corrected chi connectivity index (χ3v) is 3.39. The monoisotopic (exact) mass is 284 g/mol. The maximum absolute atomic E-state index is 11.5. The lowest BCUT2D eigenvalue weighted by Gasteiger charge is -2.18. The van der Waals surface area contributed by atoms with E-state index in [1.165, 1.54) is 11.3 Å². The Balaban J connectivity index is 1.92. The Morgan fingerprint density at radius 1 is 1.53 bits per heavy atom. The van der Waals surface area contributed by atoms with Crippen molar-refractivity contribution in [3.63, 3.8) is 0 Å². The van der Waals surface area contributed by atoms with Gasteiger partial charge in [-0.2, -0.15) is 0 Å². The van der Waals surface area contributed by atoms with Crippen LogP contribution in [0, 0.1) is 5.92 Å². The van der Waals surface area contributed by atoms with Crippen molar-refractivity contribution >= 4 is 28.5 Å². The van der Waals surface area contributed by atoms with Gasteiger partial charge in [0, 0.05) is 11.3 Å². The molecular formula is C12H16N2O4S. The zero-order chi connectivity index (χ0) is 14.2. The van der Waals surface area contributed by atoms with Gasteiger partial charge in [0.05, 0.1) is 11.6 Å². The van der Waals surface area contributed by atoms with E-state index in [1.807, 2.05) is 0 Å². The topological polar surface area (TPSA) is 88.5 Å². The minimum absolute atomic E-state index is 0.0251. The lowest BCUT2D eigenvalue weighted by Crippen LogP contribution is -2.27. The maximum Gasteiger partial charge on any atom is 0.413 e. The number of anilines is 1. The average Bonchev–Trinajstić information content (AvgIpc) is 2.91. The predicted octanol–water partition coefficient (Wildman–Crippen LogP) is 2.68. The number of thiazole rings is 1. The summed E-state index contributed by atoms with van der Waals surface area (Å²) in [7, 11) is 0. The molecule has 1 saturated carbocycles. The van der Waals surface area contributed by atoms with Gasteiger partial charge in [-0.15, -0.1) is 11.3 Å². The van der Waals surface area contributed by atoms with E-state index in [9.17, 15) is 9.59 Å². The van der Waals surface area contributed by atoms with E-state index in [2.05, 4.69) is 10.3 Å². The number of hydrogen-bond acceptors (Lipinski definition) is 5. The van der Waals surface area contributed by atoms with Gasteiger partial charge in [0.15, 0.2) is 5.13 Å². The van der Waals surface area contributed by atoms with E-state index in [0.717, 1.165) is 5.69 Å². The van der Waals surface area contributed by atoms with Crippen molar-refractivity contribution in [2.24, 2.45) is 5.92 Å². The quantitative estimate of drug-likeness (QED) is 0.890. The fraction of sp³-hybridized carbons (Fsp3) is 0.583. The molecular weight excluding hydrogens is 268 g/mol. The summed E-state index contributed by atoms with van der Waals surface area (Å²) in [4.78, 5) is 26.5. The Hall–Kier alpha value is -1.63. The molecule has 104 valence electrons. The molecule has 1 aromatic heterocycles. The molecule has 19 heavy (non-hydrogen) atoms. The highest BCUT2D eigenvalue weighted by Crippen LogP contribution is 2.47. The SMILES string of the molecule is CC(C)(C)OC(=O)Nc1nc(C2CC2C(=O)O)cs1. The van der Waals surface area contributed by atoms with E-state index in [1.54, 1.807) is 26.2 Å². The van der Waals surface area contributed by atoms with Gasteiger partial charge < -0.3 is 9.84 Å². The summed E-state index contributed by atoms with van der Waals surface area (Å²) < 4.78 is 5.11. The fourth-order valence-electron chi connectivity index (χ4n) is 1.70. The van der Waals surface area contributed by atoms with Crippen molar-refractivity contribution in [3.8, 4) is 0 Å². The van der Waals surface area contributed by atoms with Crippen LogP contribution in [0.4, 0.5) is 9.93 Å². The molecule has 6 nitrogen and oxygen atoms in total. The molecule has 0 bridgehead atoms. The second kappa shape index (κ2) is 4.80. The van der Waals surface area contributed by atoms with Gasteiger partial charge >= 0.3 is 12.1 Å². The summed E-state index contributed by atoms with van der Waals surface area (Å²) in [6.07, 6.45) is 0.0595. The Morgan fingerprint density at radius 2 is 2.21 bits per heavy atom. The van der Waals surface area contributed by atoms with Crippen molar-refractivity contribution in [1.29, 1.82) is 0 Å². The number of rotatable bonds is 3. The molecule has 7 heteroatoms. The predicted molar refractivity (Wildman–Crippen MR) is 70.5 cm³/mol. The molecule has 2 rings (SSSR count). The number of amides is 1. The Labute approximate surface area is 114 Å². The van der Waals surface area contributed by atoms with Gasteiger partial charge in [-0.3, -0.25) is 10.1 Å². The van der Waals surface area contributed by atoms with Crippen LogP contribution in [-0.4, -0.2) is 27.8 Å². The Bertz CT molecular complexity index is 506. The van der Waals surface area contributed by atoms with Gasteiger partial charge in [0.2, 0.25) is 0 Å². The molecule has 0 radical (unpaired) electrons. The second-order valence-electron chi connectivity index (χ2n) is 5.49. The van der Waals surface area contributed by atoms with Crippen LogP contribution in [0.2, 0.25) is 0 Å². The van der Waals surface area contributed by atoms with Crippen LogP contribution in [0.3, 0.4) is 0 Å². The van der Waals surface area contributed by atoms with Gasteiger partial charge in [0.25, 0.3) is 0 Å². The zero-order valence-electron chi connectivity index (χ0n) is 11.0. The molecule has 2 unspecified atom stereocenters. The fourth-order valence-corrected chi connectivity index (χ4v) is 2.46. The number of carbonyl (C=O) groups is 2. The zero-order valence-corrected chi connectivity index (χ0v) is 11.8. The maximum atomic E-state index is 11.5. The summed E-state index contributed by atoms with van der Waals surface area (Å²) in [6.45, 7) is 5.34. The summed E-state index contributed by atoms with van der Waals surface area (Å²) in [6, 6.07) is 0. The Kier molecular flexibility index (Phi) is 3.49. The van der Waals surface area contributed by atoms with Crippen molar-refractivity contribution < 1.29 is 19.4 Å².